The fourth-order valence-electron chi connectivity index (χ4n) is 4.23. The summed E-state index contributed by atoms with van der Waals surface area (Å²) in [4.78, 5) is 11.2. The maximum absolute atomic E-state index is 11.2. The lowest BCUT2D eigenvalue weighted by molar-refractivity contribution is -0.142. The molecule has 108 valence electrons. The van der Waals surface area contributed by atoms with Crippen molar-refractivity contribution in [2.45, 2.75) is 58.3 Å². The molecule has 0 bridgehead atoms. The number of carboxylic acids is 1. The van der Waals surface area contributed by atoms with Gasteiger partial charge in [-0.05, 0) is 62.2 Å². The minimum Gasteiger partial charge on any atom is -0.481 e. The topological polar surface area (TPSA) is 37.3 Å². The van der Waals surface area contributed by atoms with Crippen LogP contribution in [0.1, 0.15) is 58.3 Å². The quantitative estimate of drug-likeness (QED) is 0.759. The summed E-state index contributed by atoms with van der Waals surface area (Å²) < 4.78 is 0. The molecule has 0 spiro atoms. The third kappa shape index (κ3) is 3.61. The molecular weight excluding hydrogens is 236 g/mol. The van der Waals surface area contributed by atoms with Gasteiger partial charge in [-0.1, -0.05) is 25.8 Å². The molecule has 2 fully saturated rings. The first-order valence-corrected chi connectivity index (χ1v) is 7.97. The zero-order chi connectivity index (χ0) is 13.8. The van der Waals surface area contributed by atoms with Gasteiger partial charge in [-0.15, -0.1) is 6.58 Å². The highest BCUT2D eigenvalue weighted by Crippen LogP contribution is 2.42. The van der Waals surface area contributed by atoms with E-state index in [0.717, 1.165) is 30.6 Å². The molecule has 0 aromatic heterocycles. The molecule has 0 radical (unpaired) electrons. The zero-order valence-electron chi connectivity index (χ0n) is 12.2. The average Bonchev–Trinajstić information content (AvgIpc) is 2.41. The third-order valence-electron chi connectivity index (χ3n) is 5.59. The lowest BCUT2D eigenvalue weighted by atomic mass is 9.67. The van der Waals surface area contributed by atoms with Gasteiger partial charge in [0.05, 0.1) is 5.92 Å². The number of aliphatic carboxylic acids is 1. The van der Waals surface area contributed by atoms with Crippen LogP contribution < -0.4 is 0 Å². The van der Waals surface area contributed by atoms with Gasteiger partial charge < -0.3 is 5.11 Å². The first-order valence-electron chi connectivity index (χ1n) is 7.97. The fourth-order valence-corrected chi connectivity index (χ4v) is 4.23. The van der Waals surface area contributed by atoms with Crippen LogP contribution in [0.2, 0.25) is 0 Å². The Balaban J connectivity index is 1.82. The molecule has 2 heteroatoms. The Morgan fingerprint density at radius 1 is 1.05 bits per heavy atom. The van der Waals surface area contributed by atoms with Gasteiger partial charge in [0.2, 0.25) is 0 Å². The standard InChI is InChI=1S/C17H28O2/c1-3-16(17(18)19)15-10-8-14(9-11-15)13-6-4-12(2)5-7-13/h3,12-16H,1,4-11H2,2H3,(H,18,19)/t12-,13-,14?,15?,16?. The minimum absolute atomic E-state index is 0.327. The van der Waals surface area contributed by atoms with E-state index in [1.165, 1.54) is 38.5 Å². The molecule has 2 aliphatic rings. The Kier molecular flexibility index (Phi) is 5.06. The van der Waals surface area contributed by atoms with Crippen molar-refractivity contribution in [3.8, 4) is 0 Å². The number of hydrogen-bond donors (Lipinski definition) is 1. The number of carbonyl (C=O) groups is 1. The Morgan fingerprint density at radius 2 is 1.53 bits per heavy atom. The normalized spacial score (nSPS) is 37.5. The van der Waals surface area contributed by atoms with E-state index in [0.29, 0.717) is 5.92 Å². The van der Waals surface area contributed by atoms with Crippen molar-refractivity contribution in [1.29, 1.82) is 0 Å². The smallest absolute Gasteiger partial charge is 0.310 e. The van der Waals surface area contributed by atoms with E-state index in [-0.39, 0.29) is 5.92 Å². The van der Waals surface area contributed by atoms with E-state index in [9.17, 15) is 9.90 Å². The van der Waals surface area contributed by atoms with E-state index in [4.69, 9.17) is 0 Å². The van der Waals surface area contributed by atoms with Gasteiger partial charge in [-0.2, -0.15) is 0 Å². The molecule has 19 heavy (non-hydrogen) atoms. The molecule has 0 aromatic carbocycles. The Morgan fingerprint density at radius 3 is 1.95 bits per heavy atom. The summed E-state index contributed by atoms with van der Waals surface area (Å²) in [5.41, 5.74) is 0. The summed E-state index contributed by atoms with van der Waals surface area (Å²) in [6, 6.07) is 0. The molecule has 2 aliphatic carbocycles. The number of rotatable bonds is 4. The van der Waals surface area contributed by atoms with Crippen molar-refractivity contribution in [2.24, 2.45) is 29.6 Å². The van der Waals surface area contributed by atoms with Crippen LogP contribution in [-0.4, -0.2) is 11.1 Å². The Hall–Kier alpha value is -0.790. The molecular formula is C17H28O2. The fraction of sp³-hybridized carbons (Fsp3) is 0.824. The second kappa shape index (κ2) is 6.58. The summed E-state index contributed by atoms with van der Waals surface area (Å²) >= 11 is 0. The molecule has 0 saturated heterocycles. The molecule has 2 nitrogen and oxygen atoms in total. The largest absolute Gasteiger partial charge is 0.481 e. The summed E-state index contributed by atoms with van der Waals surface area (Å²) in [6.45, 7) is 6.06. The maximum Gasteiger partial charge on any atom is 0.310 e. The van der Waals surface area contributed by atoms with Crippen LogP contribution in [0.25, 0.3) is 0 Å². The van der Waals surface area contributed by atoms with Crippen molar-refractivity contribution in [3.05, 3.63) is 12.7 Å². The summed E-state index contributed by atoms with van der Waals surface area (Å²) in [7, 11) is 0. The van der Waals surface area contributed by atoms with Gasteiger partial charge in [0.15, 0.2) is 0 Å². The SMILES string of the molecule is C=CC(C(=O)O)C1CCC([C@H]2CC[C@H](C)CC2)CC1. The Labute approximate surface area is 117 Å². The predicted molar refractivity (Wildman–Crippen MR) is 77.9 cm³/mol. The molecule has 1 unspecified atom stereocenters. The van der Waals surface area contributed by atoms with Crippen LogP contribution in [0, 0.1) is 29.6 Å². The average molecular weight is 264 g/mol. The summed E-state index contributed by atoms with van der Waals surface area (Å²) in [5.74, 6) is 2.02. The molecule has 1 atom stereocenters. The molecule has 2 saturated carbocycles. The monoisotopic (exact) mass is 264 g/mol. The second-order valence-electron chi connectivity index (χ2n) is 6.79. The van der Waals surface area contributed by atoms with Crippen LogP contribution in [-0.2, 0) is 4.79 Å². The summed E-state index contributed by atoms with van der Waals surface area (Å²) in [6.07, 6.45) is 11.9. The van der Waals surface area contributed by atoms with E-state index < -0.39 is 5.97 Å². The van der Waals surface area contributed by atoms with Gasteiger partial charge >= 0.3 is 5.97 Å². The number of hydrogen-bond acceptors (Lipinski definition) is 1. The van der Waals surface area contributed by atoms with Gasteiger partial charge in [0.1, 0.15) is 0 Å². The molecule has 0 amide bonds. The second-order valence-corrected chi connectivity index (χ2v) is 6.79. The number of carboxylic acid groups (broad SMARTS) is 1. The summed E-state index contributed by atoms with van der Waals surface area (Å²) in [5, 5.41) is 9.20. The first kappa shape index (κ1) is 14.6. The molecule has 0 aromatic rings. The highest BCUT2D eigenvalue weighted by Gasteiger charge is 2.33. The van der Waals surface area contributed by atoms with Crippen molar-refractivity contribution >= 4 is 5.97 Å². The highest BCUT2D eigenvalue weighted by atomic mass is 16.4. The highest BCUT2D eigenvalue weighted by molar-refractivity contribution is 5.72. The zero-order valence-corrected chi connectivity index (χ0v) is 12.2. The van der Waals surface area contributed by atoms with Crippen LogP contribution >= 0.6 is 0 Å². The third-order valence-corrected chi connectivity index (χ3v) is 5.59. The van der Waals surface area contributed by atoms with Crippen molar-refractivity contribution in [3.63, 3.8) is 0 Å². The van der Waals surface area contributed by atoms with Gasteiger partial charge in [0, 0.05) is 0 Å². The molecule has 2 rings (SSSR count). The van der Waals surface area contributed by atoms with Gasteiger partial charge in [-0.25, -0.2) is 0 Å². The lowest BCUT2D eigenvalue weighted by Crippen LogP contribution is -2.30. The van der Waals surface area contributed by atoms with Crippen molar-refractivity contribution in [2.75, 3.05) is 0 Å². The van der Waals surface area contributed by atoms with E-state index >= 15 is 0 Å². The maximum atomic E-state index is 11.2. The van der Waals surface area contributed by atoms with Crippen LogP contribution in [0.3, 0.4) is 0 Å². The predicted octanol–water partition coefficient (Wildman–Crippen LogP) is 4.51. The van der Waals surface area contributed by atoms with Crippen molar-refractivity contribution < 1.29 is 9.90 Å². The van der Waals surface area contributed by atoms with Crippen LogP contribution in [0.15, 0.2) is 12.7 Å². The van der Waals surface area contributed by atoms with Gasteiger partial charge in [-0.3, -0.25) is 4.79 Å². The van der Waals surface area contributed by atoms with E-state index in [2.05, 4.69) is 13.5 Å². The van der Waals surface area contributed by atoms with Gasteiger partial charge in [0.25, 0.3) is 0 Å². The Bertz CT molecular complexity index is 307. The molecule has 0 heterocycles. The first-order chi connectivity index (χ1) is 9.11. The van der Waals surface area contributed by atoms with E-state index in [1.54, 1.807) is 6.08 Å². The molecule has 0 aliphatic heterocycles. The van der Waals surface area contributed by atoms with Crippen LogP contribution in [0.4, 0.5) is 0 Å². The van der Waals surface area contributed by atoms with Crippen LogP contribution in [0.5, 0.6) is 0 Å². The van der Waals surface area contributed by atoms with E-state index in [1.807, 2.05) is 0 Å². The van der Waals surface area contributed by atoms with Crippen molar-refractivity contribution in [1.82, 2.24) is 0 Å². The lowest BCUT2D eigenvalue weighted by Gasteiger charge is -2.38. The minimum atomic E-state index is -0.690. The molecule has 1 N–H and O–H groups in total.